The molecule has 2 aliphatic rings. The van der Waals surface area contributed by atoms with Crippen LogP contribution in [0.1, 0.15) is 56.1 Å². The molecule has 0 heterocycles. The topological polar surface area (TPSA) is 78.4 Å². The number of benzene rings is 1. The van der Waals surface area contributed by atoms with Gasteiger partial charge >= 0.3 is 11.8 Å². The summed E-state index contributed by atoms with van der Waals surface area (Å²) in [5, 5.41) is 15.8. The number of fused-ring (bicyclic) bond motifs is 1. The molecule has 0 atom stereocenters. The van der Waals surface area contributed by atoms with Gasteiger partial charge in [-0.2, -0.15) is 0 Å². The van der Waals surface area contributed by atoms with Crippen molar-refractivity contribution in [1.82, 2.24) is 5.32 Å². The Labute approximate surface area is 142 Å². The van der Waals surface area contributed by atoms with Crippen LogP contribution in [0.25, 0.3) is 0 Å². The number of hydrogen-bond acceptors (Lipinski definition) is 3. The molecule has 0 spiro atoms. The number of anilines is 1. The molecule has 2 aliphatic carbocycles. The van der Waals surface area contributed by atoms with Gasteiger partial charge < -0.3 is 15.7 Å². The van der Waals surface area contributed by atoms with Crippen LogP contribution in [0.4, 0.5) is 5.69 Å². The molecule has 3 rings (SSSR count). The molecule has 5 heteroatoms. The molecule has 1 aromatic carbocycles. The number of amides is 2. The fourth-order valence-electron chi connectivity index (χ4n) is 3.73. The van der Waals surface area contributed by atoms with Crippen molar-refractivity contribution in [1.29, 1.82) is 0 Å². The molecule has 0 radical (unpaired) electrons. The van der Waals surface area contributed by atoms with E-state index >= 15 is 0 Å². The van der Waals surface area contributed by atoms with Gasteiger partial charge in [-0.25, -0.2) is 0 Å². The molecule has 130 valence electrons. The predicted molar refractivity (Wildman–Crippen MR) is 92.8 cm³/mol. The fraction of sp³-hybridized carbons (Fsp3) is 0.579. The van der Waals surface area contributed by atoms with Gasteiger partial charge in [-0.15, -0.1) is 0 Å². The second-order valence-corrected chi connectivity index (χ2v) is 7.11. The number of carbonyl (C=O) groups is 2. The van der Waals surface area contributed by atoms with E-state index in [1.54, 1.807) is 0 Å². The molecule has 0 aliphatic heterocycles. The van der Waals surface area contributed by atoms with Gasteiger partial charge in [0.15, 0.2) is 0 Å². The third-order valence-corrected chi connectivity index (χ3v) is 5.17. The Morgan fingerprint density at radius 3 is 2.42 bits per heavy atom. The summed E-state index contributed by atoms with van der Waals surface area (Å²) in [6, 6.07) is 5.81. The summed E-state index contributed by atoms with van der Waals surface area (Å²) < 4.78 is 0. The first-order valence-corrected chi connectivity index (χ1v) is 8.99. The third kappa shape index (κ3) is 4.15. The van der Waals surface area contributed by atoms with Gasteiger partial charge in [-0.3, -0.25) is 9.59 Å². The molecule has 2 amide bonds. The maximum Gasteiger partial charge on any atom is 0.313 e. The van der Waals surface area contributed by atoms with E-state index in [1.165, 1.54) is 11.1 Å². The zero-order chi connectivity index (χ0) is 17.0. The van der Waals surface area contributed by atoms with Gasteiger partial charge in [0.1, 0.15) is 0 Å². The van der Waals surface area contributed by atoms with Crippen molar-refractivity contribution in [2.45, 2.75) is 63.4 Å². The van der Waals surface area contributed by atoms with Crippen LogP contribution in [0.2, 0.25) is 0 Å². The fourth-order valence-corrected chi connectivity index (χ4v) is 3.73. The molecule has 1 fully saturated rings. The zero-order valence-electron chi connectivity index (χ0n) is 14.1. The number of aliphatic hydroxyl groups is 1. The van der Waals surface area contributed by atoms with E-state index in [-0.39, 0.29) is 6.54 Å². The second-order valence-electron chi connectivity index (χ2n) is 7.11. The van der Waals surface area contributed by atoms with Crippen molar-refractivity contribution in [2.75, 3.05) is 11.9 Å². The minimum absolute atomic E-state index is 0.142. The van der Waals surface area contributed by atoms with E-state index in [2.05, 4.69) is 10.6 Å². The maximum atomic E-state index is 12.1. The van der Waals surface area contributed by atoms with Crippen molar-refractivity contribution >= 4 is 17.5 Å². The number of nitrogens with one attached hydrogen (secondary N) is 2. The Morgan fingerprint density at radius 2 is 1.67 bits per heavy atom. The first kappa shape index (κ1) is 17.0. The Bertz CT molecular complexity index is 619. The maximum absolute atomic E-state index is 12.1. The van der Waals surface area contributed by atoms with Crippen LogP contribution in [0.5, 0.6) is 0 Å². The van der Waals surface area contributed by atoms with Crippen LogP contribution in [-0.2, 0) is 22.4 Å². The van der Waals surface area contributed by atoms with Crippen molar-refractivity contribution in [2.24, 2.45) is 0 Å². The second kappa shape index (κ2) is 7.34. The van der Waals surface area contributed by atoms with E-state index in [1.807, 2.05) is 18.2 Å². The molecule has 1 aromatic rings. The first-order chi connectivity index (χ1) is 11.6. The monoisotopic (exact) mass is 330 g/mol. The Morgan fingerprint density at radius 1 is 0.958 bits per heavy atom. The van der Waals surface area contributed by atoms with Crippen LogP contribution in [-0.4, -0.2) is 29.1 Å². The van der Waals surface area contributed by atoms with E-state index in [4.69, 9.17) is 0 Å². The van der Waals surface area contributed by atoms with Gasteiger partial charge in [0, 0.05) is 12.2 Å². The summed E-state index contributed by atoms with van der Waals surface area (Å²) in [5.41, 5.74) is 2.36. The summed E-state index contributed by atoms with van der Waals surface area (Å²) in [6.45, 7) is 0.142. The average molecular weight is 330 g/mol. The molecule has 3 N–H and O–H groups in total. The van der Waals surface area contributed by atoms with E-state index in [9.17, 15) is 14.7 Å². The third-order valence-electron chi connectivity index (χ3n) is 5.17. The number of carbonyl (C=O) groups excluding carboxylic acids is 2. The SMILES string of the molecule is O=C(NCC1(O)CCCCCC1)C(=O)Nc1ccc2c(c1)CCC2. The van der Waals surface area contributed by atoms with Gasteiger partial charge in [0.05, 0.1) is 5.60 Å². The Hall–Kier alpha value is -1.88. The predicted octanol–water partition coefficient (Wildman–Crippen LogP) is 2.32. The van der Waals surface area contributed by atoms with Crippen LogP contribution in [0.3, 0.4) is 0 Å². The van der Waals surface area contributed by atoms with E-state index < -0.39 is 17.4 Å². The van der Waals surface area contributed by atoms with Crippen molar-refractivity contribution in [3.8, 4) is 0 Å². The van der Waals surface area contributed by atoms with Crippen LogP contribution in [0, 0.1) is 0 Å². The molecule has 5 nitrogen and oxygen atoms in total. The van der Waals surface area contributed by atoms with Crippen LogP contribution < -0.4 is 10.6 Å². The standard InChI is InChI=1S/C19H26N2O3/c22-17(20-13-19(24)10-3-1-2-4-11-19)18(23)21-16-9-8-14-6-5-7-15(14)12-16/h8-9,12,24H,1-7,10-11,13H2,(H,20,22)(H,21,23). The summed E-state index contributed by atoms with van der Waals surface area (Å²) in [4.78, 5) is 24.1. The highest BCUT2D eigenvalue weighted by molar-refractivity contribution is 6.39. The summed E-state index contributed by atoms with van der Waals surface area (Å²) >= 11 is 0. The normalized spacial score (nSPS) is 19.2. The lowest BCUT2D eigenvalue weighted by Gasteiger charge is -2.26. The number of rotatable bonds is 3. The van der Waals surface area contributed by atoms with E-state index in [0.29, 0.717) is 18.5 Å². The lowest BCUT2D eigenvalue weighted by atomic mass is 9.94. The molecule has 0 unspecified atom stereocenters. The highest BCUT2D eigenvalue weighted by Gasteiger charge is 2.29. The average Bonchev–Trinajstić information content (AvgIpc) is 2.93. The highest BCUT2D eigenvalue weighted by Crippen LogP contribution is 2.26. The number of aryl methyl sites for hydroxylation is 2. The van der Waals surface area contributed by atoms with Gasteiger partial charge in [0.25, 0.3) is 0 Å². The zero-order valence-corrected chi connectivity index (χ0v) is 14.1. The molecule has 24 heavy (non-hydrogen) atoms. The molecular formula is C19H26N2O3. The van der Waals surface area contributed by atoms with Crippen molar-refractivity contribution in [3.05, 3.63) is 29.3 Å². The van der Waals surface area contributed by atoms with Crippen molar-refractivity contribution in [3.63, 3.8) is 0 Å². The molecular weight excluding hydrogens is 304 g/mol. The van der Waals surface area contributed by atoms with Gasteiger partial charge in [-0.05, 0) is 55.4 Å². The minimum Gasteiger partial charge on any atom is -0.388 e. The van der Waals surface area contributed by atoms with Crippen LogP contribution >= 0.6 is 0 Å². The highest BCUT2D eigenvalue weighted by atomic mass is 16.3. The summed E-state index contributed by atoms with van der Waals surface area (Å²) in [6.07, 6.45) is 8.79. The quantitative estimate of drug-likeness (QED) is 0.588. The van der Waals surface area contributed by atoms with Gasteiger partial charge in [-0.1, -0.05) is 31.7 Å². The number of hydrogen-bond donors (Lipinski definition) is 3. The Balaban J connectivity index is 1.52. The lowest BCUT2D eigenvalue weighted by molar-refractivity contribution is -0.136. The van der Waals surface area contributed by atoms with Crippen molar-refractivity contribution < 1.29 is 14.7 Å². The molecule has 0 bridgehead atoms. The molecule has 0 saturated heterocycles. The van der Waals surface area contributed by atoms with E-state index in [0.717, 1.165) is 44.9 Å². The van der Waals surface area contributed by atoms with Gasteiger partial charge in [0.2, 0.25) is 0 Å². The Kier molecular flexibility index (Phi) is 5.19. The summed E-state index contributed by atoms with van der Waals surface area (Å²) in [7, 11) is 0. The first-order valence-electron chi connectivity index (χ1n) is 8.99. The smallest absolute Gasteiger partial charge is 0.313 e. The molecule has 0 aromatic heterocycles. The largest absolute Gasteiger partial charge is 0.388 e. The van der Waals surface area contributed by atoms with Crippen LogP contribution in [0.15, 0.2) is 18.2 Å². The summed E-state index contributed by atoms with van der Waals surface area (Å²) in [5.74, 6) is -1.36. The lowest BCUT2D eigenvalue weighted by Crippen LogP contribution is -2.46. The molecule has 1 saturated carbocycles. The minimum atomic E-state index is -0.875.